The van der Waals surface area contributed by atoms with Crippen LogP contribution in [0.15, 0.2) is 24.3 Å². The Morgan fingerprint density at radius 1 is 1.42 bits per heavy atom. The van der Waals surface area contributed by atoms with Gasteiger partial charge in [0, 0.05) is 5.69 Å². The molecule has 2 rings (SSSR count). The van der Waals surface area contributed by atoms with Crippen molar-refractivity contribution in [2.24, 2.45) is 11.3 Å². The number of carbonyl (C=O) groups excluding carboxylic acids is 1. The smallest absolute Gasteiger partial charge is 0.249 e. The highest BCUT2D eigenvalue weighted by Crippen LogP contribution is 2.28. The van der Waals surface area contributed by atoms with Gasteiger partial charge in [-0.25, -0.2) is 0 Å². The molecule has 1 aromatic rings. The molecule has 0 aromatic heterocycles. The van der Waals surface area contributed by atoms with Gasteiger partial charge in [-0.2, -0.15) is 5.26 Å². The number of rotatable bonds is 4. The second-order valence-electron chi connectivity index (χ2n) is 5.44. The Morgan fingerprint density at radius 3 is 2.47 bits per heavy atom. The predicted molar refractivity (Wildman–Crippen MR) is 72.5 cm³/mol. The van der Waals surface area contributed by atoms with Crippen molar-refractivity contribution in [3.63, 3.8) is 0 Å². The number of hydrogen-bond acceptors (Lipinski definition) is 3. The number of anilines is 1. The first-order valence-electron chi connectivity index (χ1n) is 6.45. The minimum atomic E-state index is -1.00. The fourth-order valence-electron chi connectivity index (χ4n) is 2.00. The lowest BCUT2D eigenvalue weighted by atomic mass is 9.87. The summed E-state index contributed by atoms with van der Waals surface area (Å²) in [5, 5.41) is 11.8. The van der Waals surface area contributed by atoms with Gasteiger partial charge in [-0.3, -0.25) is 4.79 Å². The Hall–Kier alpha value is -1.86. The van der Waals surface area contributed by atoms with E-state index in [1.165, 1.54) is 5.56 Å². The number of nitriles is 1. The molecule has 0 radical (unpaired) electrons. The van der Waals surface area contributed by atoms with E-state index in [0.717, 1.165) is 12.1 Å². The molecule has 1 aromatic carbocycles. The molecule has 1 aliphatic heterocycles. The highest BCUT2D eigenvalue weighted by molar-refractivity contribution is 5.98. The van der Waals surface area contributed by atoms with Crippen LogP contribution in [0.2, 0.25) is 0 Å². The van der Waals surface area contributed by atoms with Crippen LogP contribution in [0, 0.1) is 22.7 Å². The number of nitrogens with zero attached hydrogens (tertiary/aromatic N) is 1. The number of benzene rings is 1. The fourth-order valence-corrected chi connectivity index (χ4v) is 2.00. The maximum atomic E-state index is 12.0. The van der Waals surface area contributed by atoms with Gasteiger partial charge in [0.15, 0.2) is 5.41 Å². The van der Waals surface area contributed by atoms with E-state index in [9.17, 15) is 4.79 Å². The molecule has 0 atom stereocenters. The molecular formula is C15H18N2O2. The largest absolute Gasteiger partial charge is 0.377 e. The quantitative estimate of drug-likeness (QED) is 0.901. The molecular weight excluding hydrogens is 240 g/mol. The van der Waals surface area contributed by atoms with Crippen molar-refractivity contribution in [3.8, 4) is 6.07 Å². The zero-order chi connectivity index (χ0) is 13.9. The van der Waals surface area contributed by atoms with Crippen molar-refractivity contribution >= 4 is 11.6 Å². The van der Waals surface area contributed by atoms with Crippen molar-refractivity contribution in [1.29, 1.82) is 5.26 Å². The molecule has 4 heteroatoms. The minimum Gasteiger partial charge on any atom is -0.377 e. The van der Waals surface area contributed by atoms with Gasteiger partial charge >= 0.3 is 0 Å². The average Bonchev–Trinajstić information content (AvgIpc) is 2.30. The van der Waals surface area contributed by atoms with Crippen molar-refractivity contribution < 1.29 is 9.53 Å². The van der Waals surface area contributed by atoms with Gasteiger partial charge in [0.2, 0.25) is 5.91 Å². The van der Waals surface area contributed by atoms with E-state index >= 15 is 0 Å². The molecule has 1 heterocycles. The van der Waals surface area contributed by atoms with Gasteiger partial charge in [-0.05, 0) is 30.0 Å². The molecule has 1 saturated heterocycles. The topological polar surface area (TPSA) is 62.1 Å². The summed E-state index contributed by atoms with van der Waals surface area (Å²) >= 11 is 0. The van der Waals surface area contributed by atoms with E-state index in [-0.39, 0.29) is 19.1 Å². The monoisotopic (exact) mass is 258 g/mol. The molecule has 0 aliphatic carbocycles. The highest BCUT2D eigenvalue weighted by Gasteiger charge is 2.46. The predicted octanol–water partition coefficient (Wildman–Crippen LogP) is 2.36. The van der Waals surface area contributed by atoms with Crippen LogP contribution in [0.25, 0.3) is 0 Å². The first kappa shape index (κ1) is 13.6. The molecule has 100 valence electrons. The van der Waals surface area contributed by atoms with Crippen molar-refractivity contribution in [3.05, 3.63) is 29.8 Å². The third-order valence-electron chi connectivity index (χ3n) is 3.20. The lowest BCUT2D eigenvalue weighted by Gasteiger charge is -2.33. The van der Waals surface area contributed by atoms with Gasteiger partial charge in [0.05, 0.1) is 19.3 Å². The van der Waals surface area contributed by atoms with Crippen LogP contribution >= 0.6 is 0 Å². The molecule has 0 unspecified atom stereocenters. The summed E-state index contributed by atoms with van der Waals surface area (Å²) in [6.07, 6.45) is 1.02. The normalized spacial score (nSPS) is 16.5. The first-order chi connectivity index (χ1) is 9.05. The number of carbonyl (C=O) groups is 1. The van der Waals surface area contributed by atoms with Gasteiger partial charge in [0.25, 0.3) is 0 Å². The highest BCUT2D eigenvalue weighted by atomic mass is 16.5. The van der Waals surface area contributed by atoms with E-state index in [1.807, 2.05) is 30.3 Å². The Labute approximate surface area is 113 Å². The average molecular weight is 258 g/mol. The van der Waals surface area contributed by atoms with Gasteiger partial charge < -0.3 is 10.1 Å². The lowest BCUT2D eigenvalue weighted by molar-refractivity contribution is -0.144. The summed E-state index contributed by atoms with van der Waals surface area (Å²) in [6, 6.07) is 9.80. The lowest BCUT2D eigenvalue weighted by Crippen LogP contribution is -2.50. The Balaban J connectivity index is 2.00. The molecule has 0 saturated carbocycles. The van der Waals surface area contributed by atoms with Crippen molar-refractivity contribution in [2.75, 3.05) is 18.5 Å². The summed E-state index contributed by atoms with van der Waals surface area (Å²) in [4.78, 5) is 12.0. The van der Waals surface area contributed by atoms with Crippen LogP contribution in [0.5, 0.6) is 0 Å². The zero-order valence-corrected chi connectivity index (χ0v) is 11.3. The molecule has 0 bridgehead atoms. The van der Waals surface area contributed by atoms with E-state index < -0.39 is 5.41 Å². The molecule has 1 N–H and O–H groups in total. The Bertz CT molecular complexity index is 496. The van der Waals surface area contributed by atoms with Crippen LogP contribution < -0.4 is 5.32 Å². The van der Waals surface area contributed by atoms with Crippen molar-refractivity contribution in [1.82, 2.24) is 0 Å². The minimum absolute atomic E-state index is 0.181. The SMILES string of the molecule is CC(C)Cc1ccc(NC(=O)C2(C#N)COC2)cc1. The molecule has 19 heavy (non-hydrogen) atoms. The van der Waals surface area contributed by atoms with E-state index in [4.69, 9.17) is 10.00 Å². The Morgan fingerprint density at radius 2 is 2.05 bits per heavy atom. The second kappa shape index (κ2) is 5.41. The summed E-state index contributed by atoms with van der Waals surface area (Å²) in [7, 11) is 0. The maximum absolute atomic E-state index is 12.0. The zero-order valence-electron chi connectivity index (χ0n) is 11.3. The van der Waals surface area contributed by atoms with Crippen molar-refractivity contribution in [2.45, 2.75) is 20.3 Å². The van der Waals surface area contributed by atoms with Crippen LogP contribution in [-0.4, -0.2) is 19.1 Å². The number of nitrogens with one attached hydrogen (secondary N) is 1. The van der Waals surface area contributed by atoms with Crippen LogP contribution in [0.3, 0.4) is 0 Å². The summed E-state index contributed by atoms with van der Waals surface area (Å²) in [5.41, 5.74) is 0.963. The molecule has 0 spiro atoms. The summed E-state index contributed by atoms with van der Waals surface area (Å²) in [5.74, 6) is 0.326. The van der Waals surface area contributed by atoms with Gasteiger partial charge in [0.1, 0.15) is 0 Å². The molecule has 4 nitrogen and oxygen atoms in total. The second-order valence-corrected chi connectivity index (χ2v) is 5.44. The van der Waals surface area contributed by atoms with E-state index in [2.05, 4.69) is 19.2 Å². The standard InChI is InChI=1S/C15H18N2O2/c1-11(2)7-12-3-5-13(6-4-12)17-14(18)15(8-16)9-19-10-15/h3-6,11H,7,9-10H2,1-2H3,(H,17,18). The van der Waals surface area contributed by atoms with Gasteiger partial charge in [-0.15, -0.1) is 0 Å². The van der Waals surface area contributed by atoms with Gasteiger partial charge in [-0.1, -0.05) is 26.0 Å². The molecule has 1 fully saturated rings. The summed E-state index contributed by atoms with van der Waals surface area (Å²) < 4.78 is 4.97. The summed E-state index contributed by atoms with van der Waals surface area (Å²) in [6.45, 7) is 4.70. The van der Waals surface area contributed by atoms with E-state index in [1.54, 1.807) is 0 Å². The third kappa shape index (κ3) is 2.94. The van der Waals surface area contributed by atoms with Crippen LogP contribution in [0.4, 0.5) is 5.69 Å². The number of ether oxygens (including phenoxy) is 1. The first-order valence-corrected chi connectivity index (χ1v) is 6.45. The number of hydrogen-bond donors (Lipinski definition) is 1. The van der Waals surface area contributed by atoms with E-state index in [0.29, 0.717) is 5.92 Å². The maximum Gasteiger partial charge on any atom is 0.249 e. The fraction of sp³-hybridized carbons (Fsp3) is 0.467. The van der Waals surface area contributed by atoms with Crippen LogP contribution in [-0.2, 0) is 16.0 Å². The Kier molecular flexibility index (Phi) is 3.87. The van der Waals surface area contributed by atoms with Crippen LogP contribution in [0.1, 0.15) is 19.4 Å². The molecule has 1 aliphatic rings. The molecule has 1 amide bonds. The number of amides is 1. The third-order valence-corrected chi connectivity index (χ3v) is 3.20.